The van der Waals surface area contributed by atoms with Crippen LogP contribution in [0, 0.1) is 5.92 Å². The van der Waals surface area contributed by atoms with Crippen LogP contribution < -0.4 is 5.32 Å². The molecule has 0 fully saturated rings. The summed E-state index contributed by atoms with van der Waals surface area (Å²) in [4.78, 5) is 28.5. The van der Waals surface area contributed by atoms with Gasteiger partial charge in [0.25, 0.3) is 0 Å². The Balaban J connectivity index is 1.58. The van der Waals surface area contributed by atoms with Gasteiger partial charge in [0.2, 0.25) is 5.91 Å². The lowest BCUT2D eigenvalue weighted by Crippen LogP contribution is -2.48. The number of fused-ring (bicyclic) bond motifs is 1. The molecule has 3 N–H and O–H groups in total. The Morgan fingerprint density at radius 2 is 1.49 bits per heavy atom. The molecule has 0 radical (unpaired) electrons. The van der Waals surface area contributed by atoms with Gasteiger partial charge in [-0.15, -0.1) is 0 Å². The topological polar surface area (TPSA) is 99.1 Å². The molecular formula is C34H42N2O5. The number of carbonyl (C=O) groups is 2. The van der Waals surface area contributed by atoms with E-state index >= 15 is 0 Å². The molecule has 0 heterocycles. The molecule has 5 atom stereocenters. The smallest absolute Gasteiger partial charge is 0.407 e. The van der Waals surface area contributed by atoms with Gasteiger partial charge in [0, 0.05) is 19.4 Å². The van der Waals surface area contributed by atoms with Crippen molar-refractivity contribution in [1.29, 1.82) is 0 Å². The number of likely N-dealkylation sites (N-methyl/N-ethyl adjacent to an activating group) is 1. The van der Waals surface area contributed by atoms with Gasteiger partial charge < -0.3 is 25.2 Å². The molecule has 0 aromatic heterocycles. The zero-order valence-corrected chi connectivity index (χ0v) is 24.4. The number of amides is 2. The summed E-state index contributed by atoms with van der Waals surface area (Å²) >= 11 is 0. The number of nitrogens with zero attached hydrogens (tertiary/aromatic N) is 1. The first kappa shape index (κ1) is 30.3. The minimum atomic E-state index is -1.03. The molecule has 41 heavy (non-hydrogen) atoms. The minimum absolute atomic E-state index is 0.121. The molecule has 1 aliphatic carbocycles. The van der Waals surface area contributed by atoms with Crippen LogP contribution in [0.2, 0.25) is 0 Å². The van der Waals surface area contributed by atoms with Crippen LogP contribution in [0.3, 0.4) is 0 Å². The monoisotopic (exact) mass is 558 g/mol. The number of alkyl carbamates (subject to hydrolysis) is 1. The number of ether oxygens (including phenoxy) is 1. The van der Waals surface area contributed by atoms with Crippen molar-refractivity contribution >= 4 is 12.0 Å². The lowest BCUT2D eigenvalue weighted by molar-refractivity contribution is -0.139. The summed E-state index contributed by atoms with van der Waals surface area (Å²) in [5, 5.41) is 25.4. The molecule has 3 aromatic carbocycles. The third kappa shape index (κ3) is 8.18. The average Bonchev–Trinajstić information content (AvgIpc) is 3.27. The molecule has 3 aromatic rings. The van der Waals surface area contributed by atoms with Gasteiger partial charge in [-0.05, 0) is 62.3 Å². The Morgan fingerprint density at radius 1 is 0.927 bits per heavy atom. The number of aliphatic hydroxyl groups excluding tert-OH is 2. The van der Waals surface area contributed by atoms with E-state index in [4.69, 9.17) is 4.74 Å². The molecule has 218 valence electrons. The fourth-order valence-electron chi connectivity index (χ4n) is 5.68. The number of hydrogen-bond donors (Lipinski definition) is 3. The maximum Gasteiger partial charge on any atom is 0.407 e. The van der Waals surface area contributed by atoms with Crippen LogP contribution in [0.4, 0.5) is 4.79 Å². The Hall–Kier alpha value is -3.68. The van der Waals surface area contributed by atoms with E-state index in [0.717, 1.165) is 22.3 Å². The largest absolute Gasteiger partial charge is 0.444 e. The maximum atomic E-state index is 14.1. The normalized spacial score (nSPS) is 18.6. The lowest BCUT2D eigenvalue weighted by atomic mass is 9.88. The first-order valence-corrected chi connectivity index (χ1v) is 14.3. The molecule has 2 amide bonds. The van der Waals surface area contributed by atoms with Gasteiger partial charge in [-0.1, -0.05) is 84.9 Å². The fraction of sp³-hybridized carbons (Fsp3) is 0.412. The summed E-state index contributed by atoms with van der Waals surface area (Å²) in [5.74, 6) is -0.750. The Morgan fingerprint density at radius 3 is 2.10 bits per heavy atom. The maximum absolute atomic E-state index is 14.1. The Labute approximate surface area is 243 Å². The molecule has 1 unspecified atom stereocenters. The highest BCUT2D eigenvalue weighted by Gasteiger charge is 2.39. The SMILES string of the molecule is CN(C(=O)[C@H](Cc1ccccc1)C[C@H](O)[C@H](Cc1ccccc1)NC(=O)OC(C)(C)C)C1c2ccccc2C[C@H]1O. The molecule has 0 spiro atoms. The molecule has 1 aliphatic rings. The quantitative estimate of drug-likeness (QED) is 0.331. The minimum Gasteiger partial charge on any atom is -0.444 e. The molecular weight excluding hydrogens is 516 g/mol. The molecule has 0 saturated carbocycles. The molecule has 7 heteroatoms. The third-order valence-corrected chi connectivity index (χ3v) is 7.60. The highest BCUT2D eigenvalue weighted by atomic mass is 16.6. The van der Waals surface area contributed by atoms with E-state index in [-0.39, 0.29) is 12.3 Å². The summed E-state index contributed by atoms with van der Waals surface area (Å²) in [5.41, 5.74) is 3.20. The average molecular weight is 559 g/mol. The molecule has 0 aliphatic heterocycles. The van der Waals surface area contributed by atoms with E-state index in [9.17, 15) is 19.8 Å². The van der Waals surface area contributed by atoms with E-state index in [1.165, 1.54) is 0 Å². The summed E-state index contributed by atoms with van der Waals surface area (Å²) in [6, 6.07) is 26.0. The van der Waals surface area contributed by atoms with Gasteiger partial charge in [0.05, 0.1) is 24.3 Å². The van der Waals surface area contributed by atoms with Crippen molar-refractivity contribution < 1.29 is 24.5 Å². The van der Waals surface area contributed by atoms with Gasteiger partial charge in [0.1, 0.15) is 5.60 Å². The van der Waals surface area contributed by atoms with Crippen molar-refractivity contribution in [3.8, 4) is 0 Å². The number of rotatable bonds is 10. The second-order valence-corrected chi connectivity index (χ2v) is 12.0. The second-order valence-electron chi connectivity index (χ2n) is 12.0. The highest BCUT2D eigenvalue weighted by Crippen LogP contribution is 2.36. The van der Waals surface area contributed by atoms with Gasteiger partial charge in [-0.2, -0.15) is 0 Å². The summed E-state index contributed by atoms with van der Waals surface area (Å²) < 4.78 is 5.49. The van der Waals surface area contributed by atoms with E-state index in [0.29, 0.717) is 19.3 Å². The van der Waals surface area contributed by atoms with E-state index in [1.807, 2.05) is 84.9 Å². The Bertz CT molecular complexity index is 1290. The van der Waals surface area contributed by atoms with Crippen molar-refractivity contribution in [2.75, 3.05) is 7.05 Å². The lowest BCUT2D eigenvalue weighted by Gasteiger charge is -2.33. The Kier molecular flexibility index (Phi) is 9.84. The van der Waals surface area contributed by atoms with Crippen molar-refractivity contribution in [2.24, 2.45) is 5.92 Å². The van der Waals surface area contributed by atoms with Crippen LogP contribution in [0.5, 0.6) is 0 Å². The zero-order chi connectivity index (χ0) is 29.6. The van der Waals surface area contributed by atoms with Crippen LogP contribution in [0.15, 0.2) is 84.9 Å². The fourth-order valence-corrected chi connectivity index (χ4v) is 5.68. The van der Waals surface area contributed by atoms with Crippen LogP contribution in [-0.2, 0) is 28.8 Å². The third-order valence-electron chi connectivity index (χ3n) is 7.60. The zero-order valence-electron chi connectivity index (χ0n) is 24.4. The standard InChI is InChI=1S/C34H42N2O5/c1-34(2,3)41-33(40)35-28(20-24-15-9-6-10-16-24)29(37)22-26(19-23-13-7-5-8-14-23)32(39)36(4)31-27-18-12-11-17-25(27)21-30(31)38/h5-18,26,28-31,37-38H,19-22H2,1-4H3,(H,35,40)/t26-,28+,29+,30-,31?/m1/s1. The number of carbonyl (C=O) groups excluding carboxylic acids is 2. The number of hydrogen-bond acceptors (Lipinski definition) is 5. The van der Waals surface area contributed by atoms with Crippen LogP contribution >= 0.6 is 0 Å². The van der Waals surface area contributed by atoms with Gasteiger partial charge in [-0.3, -0.25) is 4.79 Å². The summed E-state index contributed by atoms with van der Waals surface area (Å²) in [6.07, 6.45) is -0.961. The van der Waals surface area contributed by atoms with Gasteiger partial charge in [0.15, 0.2) is 0 Å². The molecule has 7 nitrogen and oxygen atoms in total. The van der Waals surface area contributed by atoms with Crippen molar-refractivity contribution in [3.05, 3.63) is 107 Å². The van der Waals surface area contributed by atoms with Gasteiger partial charge >= 0.3 is 6.09 Å². The second kappa shape index (κ2) is 13.3. The first-order chi connectivity index (χ1) is 19.5. The van der Waals surface area contributed by atoms with E-state index in [1.54, 1.807) is 32.7 Å². The van der Waals surface area contributed by atoms with Crippen molar-refractivity contribution in [3.63, 3.8) is 0 Å². The van der Waals surface area contributed by atoms with Crippen LogP contribution in [0.1, 0.15) is 55.5 Å². The van der Waals surface area contributed by atoms with Gasteiger partial charge in [-0.25, -0.2) is 4.79 Å². The number of benzene rings is 3. The van der Waals surface area contributed by atoms with Crippen molar-refractivity contribution in [2.45, 2.75) is 76.3 Å². The van der Waals surface area contributed by atoms with E-state index in [2.05, 4.69) is 5.32 Å². The van der Waals surface area contributed by atoms with Crippen molar-refractivity contribution in [1.82, 2.24) is 10.2 Å². The predicted molar refractivity (Wildman–Crippen MR) is 159 cm³/mol. The predicted octanol–water partition coefficient (Wildman–Crippen LogP) is 4.85. The summed E-state index contributed by atoms with van der Waals surface area (Å²) in [6.45, 7) is 5.36. The van der Waals surface area contributed by atoms with Crippen LogP contribution in [0.25, 0.3) is 0 Å². The number of nitrogens with one attached hydrogen (secondary N) is 1. The highest BCUT2D eigenvalue weighted by molar-refractivity contribution is 5.80. The number of aliphatic hydroxyl groups is 2. The molecule has 4 rings (SSSR count). The summed E-state index contributed by atoms with van der Waals surface area (Å²) in [7, 11) is 1.73. The van der Waals surface area contributed by atoms with Crippen LogP contribution in [-0.4, -0.2) is 58.0 Å². The molecule has 0 saturated heterocycles. The molecule has 0 bridgehead atoms. The first-order valence-electron chi connectivity index (χ1n) is 14.3. The van der Waals surface area contributed by atoms with E-state index < -0.39 is 41.9 Å².